The van der Waals surface area contributed by atoms with Gasteiger partial charge in [-0.05, 0) is 32.9 Å². The maximum atomic E-state index is 9.44. The predicted octanol–water partition coefficient (Wildman–Crippen LogP) is 1.07. The van der Waals surface area contributed by atoms with Gasteiger partial charge in [-0.2, -0.15) is 10.2 Å². The number of nitrogens with zero attached hydrogens (tertiary/aromatic N) is 2. The molecule has 0 aromatic carbocycles. The van der Waals surface area contributed by atoms with Crippen molar-refractivity contribution in [2.45, 2.75) is 20.8 Å². The minimum absolute atomic E-state index is 0.167. The number of Topliss-reactive ketones (excluding diaryl/α,β-unsaturated/α-hetero) is 1. The van der Waals surface area contributed by atoms with Gasteiger partial charge in [-0.3, -0.25) is 0 Å². The molecule has 0 saturated heterocycles. The molecule has 0 spiro atoms. The molecule has 13 heavy (non-hydrogen) atoms. The molecule has 1 aromatic heterocycles. The van der Waals surface area contributed by atoms with Gasteiger partial charge in [-0.25, -0.2) is 0 Å². The smallest absolute Gasteiger partial charge is 0.126 e. The predicted molar refractivity (Wildman–Crippen MR) is 51.1 cm³/mol. The summed E-state index contributed by atoms with van der Waals surface area (Å²) < 4.78 is 0. The third-order valence-corrected chi connectivity index (χ3v) is 0.483. The van der Waals surface area contributed by atoms with E-state index in [0.29, 0.717) is 0 Å². The number of ketones is 1. The van der Waals surface area contributed by atoms with E-state index >= 15 is 0 Å². The van der Waals surface area contributed by atoms with E-state index in [9.17, 15) is 4.79 Å². The molecule has 0 saturated carbocycles. The number of aliphatic hydroxyl groups excluding tert-OH is 1. The Bertz CT molecular complexity index is 159. The van der Waals surface area contributed by atoms with Gasteiger partial charge in [0.2, 0.25) is 0 Å². The standard InChI is InChI=1S/C4H4N2.C3H6O.C2H6O/c1-2-4-6-5-3-1;1-3(2)4;1-2-3/h1-4H;1-2H3;3H,2H2,1H3. The van der Waals surface area contributed by atoms with Crippen molar-refractivity contribution in [3.8, 4) is 0 Å². The summed E-state index contributed by atoms with van der Waals surface area (Å²) in [6.07, 6.45) is 3.28. The summed E-state index contributed by atoms with van der Waals surface area (Å²) in [4.78, 5) is 9.44. The zero-order valence-corrected chi connectivity index (χ0v) is 8.27. The van der Waals surface area contributed by atoms with Crippen LogP contribution in [0.2, 0.25) is 0 Å². The molecule has 74 valence electrons. The number of carbonyl (C=O) groups is 1. The first-order valence-electron chi connectivity index (χ1n) is 3.94. The highest BCUT2D eigenvalue weighted by Crippen LogP contribution is 1.68. The molecule has 0 aliphatic heterocycles. The van der Waals surface area contributed by atoms with Crippen LogP contribution in [0.3, 0.4) is 0 Å². The van der Waals surface area contributed by atoms with Crippen LogP contribution < -0.4 is 0 Å². The second-order valence-electron chi connectivity index (χ2n) is 2.14. The van der Waals surface area contributed by atoms with Crippen molar-refractivity contribution < 1.29 is 9.90 Å². The van der Waals surface area contributed by atoms with Gasteiger partial charge in [-0.1, -0.05) is 0 Å². The fourth-order valence-corrected chi connectivity index (χ4v) is 0.253. The van der Waals surface area contributed by atoms with E-state index in [0.717, 1.165) is 0 Å². The van der Waals surface area contributed by atoms with Crippen molar-refractivity contribution in [1.29, 1.82) is 0 Å². The van der Waals surface area contributed by atoms with Gasteiger partial charge in [-0.15, -0.1) is 0 Å². The average molecular weight is 184 g/mol. The first-order valence-corrected chi connectivity index (χ1v) is 3.94. The van der Waals surface area contributed by atoms with E-state index in [1.165, 1.54) is 13.8 Å². The summed E-state index contributed by atoms with van der Waals surface area (Å²) in [5.41, 5.74) is 0. The van der Waals surface area contributed by atoms with E-state index in [2.05, 4.69) is 10.2 Å². The third kappa shape index (κ3) is 36.6. The highest BCUT2D eigenvalue weighted by Gasteiger charge is 1.62. The first kappa shape index (κ1) is 14.2. The Morgan fingerprint density at radius 3 is 1.54 bits per heavy atom. The van der Waals surface area contributed by atoms with Gasteiger partial charge in [0.05, 0.1) is 0 Å². The van der Waals surface area contributed by atoms with Gasteiger partial charge in [0, 0.05) is 19.0 Å². The van der Waals surface area contributed by atoms with E-state index < -0.39 is 0 Å². The number of hydrogen-bond acceptors (Lipinski definition) is 4. The molecular formula is C9H16N2O2. The van der Waals surface area contributed by atoms with Crippen molar-refractivity contribution in [2.75, 3.05) is 6.61 Å². The van der Waals surface area contributed by atoms with Gasteiger partial charge in [0.15, 0.2) is 0 Å². The van der Waals surface area contributed by atoms with Gasteiger partial charge in [0.1, 0.15) is 5.78 Å². The molecule has 4 nitrogen and oxygen atoms in total. The first-order chi connectivity index (χ1) is 6.15. The van der Waals surface area contributed by atoms with Crippen LogP contribution in [-0.4, -0.2) is 27.7 Å². The minimum atomic E-state index is 0.167. The average Bonchev–Trinajstić information content (AvgIpc) is 2.08. The monoisotopic (exact) mass is 184 g/mol. The molecule has 1 aromatic rings. The molecule has 0 aliphatic carbocycles. The second-order valence-corrected chi connectivity index (χ2v) is 2.14. The van der Waals surface area contributed by atoms with Crippen LogP contribution in [0.5, 0.6) is 0 Å². The molecule has 1 rings (SSSR count). The Kier molecular flexibility index (Phi) is 14.6. The molecule has 1 N–H and O–H groups in total. The van der Waals surface area contributed by atoms with E-state index in [-0.39, 0.29) is 12.4 Å². The minimum Gasteiger partial charge on any atom is -0.397 e. The van der Waals surface area contributed by atoms with Gasteiger partial charge >= 0.3 is 0 Å². The summed E-state index contributed by atoms with van der Waals surface area (Å²) in [5.74, 6) is 0.167. The molecule has 0 bridgehead atoms. The van der Waals surface area contributed by atoms with Crippen LogP contribution in [0.4, 0.5) is 0 Å². The Labute approximate surface area is 78.6 Å². The van der Waals surface area contributed by atoms with Crippen LogP contribution >= 0.6 is 0 Å². The SMILES string of the molecule is CC(C)=O.CCO.c1ccnnc1. The van der Waals surface area contributed by atoms with E-state index in [1.807, 2.05) is 12.1 Å². The molecule has 0 aliphatic rings. The molecule has 0 radical (unpaired) electrons. The third-order valence-electron chi connectivity index (χ3n) is 0.483. The lowest BCUT2D eigenvalue weighted by atomic mass is 10.6. The fraction of sp³-hybridized carbons (Fsp3) is 0.444. The van der Waals surface area contributed by atoms with Crippen molar-refractivity contribution in [1.82, 2.24) is 10.2 Å². The molecule has 0 fully saturated rings. The largest absolute Gasteiger partial charge is 0.397 e. The van der Waals surface area contributed by atoms with Crippen LogP contribution in [0, 0.1) is 0 Å². The molecule has 0 atom stereocenters. The lowest BCUT2D eigenvalue weighted by molar-refractivity contribution is -0.114. The van der Waals surface area contributed by atoms with Crippen molar-refractivity contribution in [3.05, 3.63) is 24.5 Å². The van der Waals surface area contributed by atoms with Crippen molar-refractivity contribution >= 4 is 5.78 Å². The zero-order chi connectivity index (χ0) is 10.5. The number of aromatic nitrogens is 2. The summed E-state index contributed by atoms with van der Waals surface area (Å²) in [6.45, 7) is 4.99. The summed E-state index contributed by atoms with van der Waals surface area (Å²) >= 11 is 0. The van der Waals surface area contributed by atoms with Crippen LogP contribution in [-0.2, 0) is 4.79 Å². The number of hydrogen-bond donors (Lipinski definition) is 1. The van der Waals surface area contributed by atoms with Gasteiger partial charge < -0.3 is 9.90 Å². The number of carbonyl (C=O) groups excluding carboxylic acids is 1. The van der Waals surface area contributed by atoms with Crippen LogP contribution in [0.15, 0.2) is 24.5 Å². The Balaban J connectivity index is 0. The maximum absolute atomic E-state index is 9.44. The zero-order valence-electron chi connectivity index (χ0n) is 8.27. The summed E-state index contributed by atoms with van der Waals surface area (Å²) in [5, 5.41) is 14.6. The lowest BCUT2D eigenvalue weighted by Crippen LogP contribution is -1.69. The van der Waals surface area contributed by atoms with Crippen molar-refractivity contribution in [2.24, 2.45) is 0 Å². The maximum Gasteiger partial charge on any atom is 0.126 e. The quantitative estimate of drug-likeness (QED) is 0.655. The van der Waals surface area contributed by atoms with E-state index in [4.69, 9.17) is 5.11 Å². The van der Waals surface area contributed by atoms with Crippen LogP contribution in [0.25, 0.3) is 0 Å². The van der Waals surface area contributed by atoms with E-state index in [1.54, 1.807) is 19.3 Å². The Hall–Kier alpha value is -1.29. The fourth-order valence-electron chi connectivity index (χ4n) is 0.253. The van der Waals surface area contributed by atoms with Gasteiger partial charge in [0.25, 0.3) is 0 Å². The number of aliphatic hydroxyl groups is 1. The normalized spacial score (nSPS) is 7.08. The Morgan fingerprint density at radius 2 is 1.46 bits per heavy atom. The second kappa shape index (κ2) is 13.3. The molecule has 0 amide bonds. The van der Waals surface area contributed by atoms with Crippen LogP contribution in [0.1, 0.15) is 20.8 Å². The molecule has 1 heterocycles. The lowest BCUT2D eigenvalue weighted by Gasteiger charge is -1.69. The molecule has 0 unspecified atom stereocenters. The highest BCUT2D eigenvalue weighted by atomic mass is 16.2. The summed E-state index contributed by atoms with van der Waals surface area (Å²) in [6, 6.07) is 3.65. The molecule has 4 heteroatoms. The Morgan fingerprint density at radius 1 is 1.23 bits per heavy atom. The molecular weight excluding hydrogens is 168 g/mol. The van der Waals surface area contributed by atoms with Crippen molar-refractivity contribution in [3.63, 3.8) is 0 Å². The highest BCUT2D eigenvalue weighted by molar-refractivity contribution is 5.72. The number of rotatable bonds is 0. The summed E-state index contributed by atoms with van der Waals surface area (Å²) in [7, 11) is 0. The topological polar surface area (TPSA) is 63.1 Å².